The fourth-order valence-electron chi connectivity index (χ4n) is 1.54. The zero-order valence-electron chi connectivity index (χ0n) is 10.6. The highest BCUT2D eigenvalue weighted by Gasteiger charge is 2.13. The molecule has 0 fully saturated rings. The number of aromatic nitrogens is 2. The summed E-state index contributed by atoms with van der Waals surface area (Å²) < 4.78 is 0.744. The molecule has 19 heavy (non-hydrogen) atoms. The van der Waals surface area contributed by atoms with Crippen molar-refractivity contribution < 1.29 is 4.79 Å². The van der Waals surface area contributed by atoms with Gasteiger partial charge in [0.2, 0.25) is 0 Å². The second kappa shape index (κ2) is 5.79. The molecule has 0 saturated heterocycles. The highest BCUT2D eigenvalue weighted by atomic mass is 79.9. The molecule has 2 heterocycles. The van der Waals surface area contributed by atoms with Crippen LogP contribution in [0, 0.1) is 6.92 Å². The molecule has 0 radical (unpaired) electrons. The summed E-state index contributed by atoms with van der Waals surface area (Å²) in [6, 6.07) is 5.36. The van der Waals surface area contributed by atoms with Gasteiger partial charge in [-0.25, -0.2) is 9.97 Å². The van der Waals surface area contributed by atoms with Crippen LogP contribution in [0.15, 0.2) is 35.1 Å². The SMILES string of the molecule is CNc1ncc(Br)cc1C(=O)Nc1ccc(C)cn1. The van der Waals surface area contributed by atoms with Crippen molar-refractivity contribution in [2.75, 3.05) is 17.7 Å². The average Bonchev–Trinajstić information content (AvgIpc) is 2.41. The maximum atomic E-state index is 12.2. The number of hydrogen-bond acceptors (Lipinski definition) is 4. The summed E-state index contributed by atoms with van der Waals surface area (Å²) in [6.07, 6.45) is 3.33. The van der Waals surface area contributed by atoms with E-state index in [9.17, 15) is 4.79 Å². The zero-order chi connectivity index (χ0) is 13.8. The van der Waals surface area contributed by atoms with Crippen molar-refractivity contribution in [2.24, 2.45) is 0 Å². The standard InChI is InChI=1S/C13H13BrN4O/c1-8-3-4-11(16-6-8)18-13(19)10-5-9(14)7-17-12(10)15-2/h3-7H,1-2H3,(H,15,17)(H,16,18,19). The third-order valence-corrected chi connectivity index (χ3v) is 2.92. The summed E-state index contributed by atoms with van der Waals surface area (Å²) in [4.78, 5) is 20.5. The first-order valence-electron chi connectivity index (χ1n) is 5.67. The van der Waals surface area contributed by atoms with E-state index in [1.807, 2.05) is 13.0 Å². The summed E-state index contributed by atoms with van der Waals surface area (Å²) in [6.45, 7) is 1.94. The van der Waals surface area contributed by atoms with Gasteiger partial charge in [-0.05, 0) is 40.5 Å². The molecular weight excluding hydrogens is 308 g/mol. The number of amides is 1. The van der Waals surface area contributed by atoms with Crippen LogP contribution >= 0.6 is 15.9 Å². The van der Waals surface area contributed by atoms with Crippen LogP contribution in [-0.4, -0.2) is 22.9 Å². The van der Waals surface area contributed by atoms with E-state index >= 15 is 0 Å². The summed E-state index contributed by atoms with van der Waals surface area (Å²) in [5, 5.41) is 5.62. The first-order chi connectivity index (χ1) is 9.10. The second-order valence-corrected chi connectivity index (χ2v) is 4.89. The minimum absolute atomic E-state index is 0.255. The average molecular weight is 321 g/mol. The van der Waals surface area contributed by atoms with Crippen LogP contribution < -0.4 is 10.6 Å². The van der Waals surface area contributed by atoms with Gasteiger partial charge in [-0.3, -0.25) is 4.79 Å². The van der Waals surface area contributed by atoms with Crippen LogP contribution in [0.4, 0.5) is 11.6 Å². The van der Waals surface area contributed by atoms with Gasteiger partial charge in [-0.1, -0.05) is 6.07 Å². The van der Waals surface area contributed by atoms with Crippen LogP contribution in [0.25, 0.3) is 0 Å². The minimum atomic E-state index is -0.255. The Morgan fingerprint density at radius 3 is 2.68 bits per heavy atom. The Labute approximate surface area is 119 Å². The second-order valence-electron chi connectivity index (χ2n) is 3.97. The third kappa shape index (κ3) is 3.29. The van der Waals surface area contributed by atoms with E-state index < -0.39 is 0 Å². The number of anilines is 2. The lowest BCUT2D eigenvalue weighted by Gasteiger charge is -2.09. The molecule has 6 heteroatoms. The first-order valence-corrected chi connectivity index (χ1v) is 6.47. The maximum absolute atomic E-state index is 12.2. The number of carbonyl (C=O) groups is 1. The number of aryl methyl sites for hydroxylation is 1. The summed E-state index contributed by atoms with van der Waals surface area (Å²) in [5.74, 6) is 0.778. The molecule has 0 aliphatic carbocycles. The fourth-order valence-corrected chi connectivity index (χ4v) is 1.87. The van der Waals surface area contributed by atoms with Gasteiger partial charge in [0.1, 0.15) is 11.6 Å². The normalized spacial score (nSPS) is 10.1. The number of rotatable bonds is 3. The molecule has 0 atom stereocenters. The molecular formula is C13H13BrN4O. The zero-order valence-corrected chi connectivity index (χ0v) is 12.2. The number of pyridine rings is 2. The van der Waals surface area contributed by atoms with E-state index in [1.54, 1.807) is 31.6 Å². The van der Waals surface area contributed by atoms with Crippen molar-refractivity contribution in [2.45, 2.75) is 6.92 Å². The molecule has 0 saturated carbocycles. The van der Waals surface area contributed by atoms with Crippen molar-refractivity contribution in [3.8, 4) is 0 Å². The lowest BCUT2D eigenvalue weighted by Crippen LogP contribution is -2.15. The van der Waals surface area contributed by atoms with Crippen molar-refractivity contribution in [3.05, 3.63) is 46.2 Å². The Hall–Kier alpha value is -1.95. The van der Waals surface area contributed by atoms with E-state index in [0.717, 1.165) is 10.0 Å². The molecule has 0 aromatic carbocycles. The summed E-state index contributed by atoms with van der Waals surface area (Å²) >= 11 is 3.30. The number of carbonyl (C=O) groups excluding carboxylic acids is 1. The molecule has 0 aliphatic heterocycles. The van der Waals surface area contributed by atoms with Gasteiger partial charge in [-0.15, -0.1) is 0 Å². The lowest BCUT2D eigenvalue weighted by atomic mass is 10.2. The predicted octanol–water partition coefficient (Wildman–Crippen LogP) is 2.84. The largest absolute Gasteiger partial charge is 0.372 e. The number of nitrogens with one attached hydrogen (secondary N) is 2. The number of halogens is 1. The maximum Gasteiger partial charge on any atom is 0.260 e. The van der Waals surface area contributed by atoms with Crippen LogP contribution in [0.1, 0.15) is 15.9 Å². The van der Waals surface area contributed by atoms with Crippen molar-refractivity contribution >= 4 is 33.5 Å². The van der Waals surface area contributed by atoms with Gasteiger partial charge in [0.15, 0.2) is 0 Å². The number of hydrogen-bond donors (Lipinski definition) is 2. The quantitative estimate of drug-likeness (QED) is 0.912. The van der Waals surface area contributed by atoms with Crippen molar-refractivity contribution in [3.63, 3.8) is 0 Å². The topological polar surface area (TPSA) is 66.9 Å². The van der Waals surface area contributed by atoms with Crippen molar-refractivity contribution in [1.82, 2.24) is 9.97 Å². The van der Waals surface area contributed by atoms with Crippen LogP contribution in [0.5, 0.6) is 0 Å². The highest BCUT2D eigenvalue weighted by molar-refractivity contribution is 9.10. The molecule has 5 nitrogen and oxygen atoms in total. The van der Waals surface area contributed by atoms with Crippen LogP contribution in [0.2, 0.25) is 0 Å². The van der Waals surface area contributed by atoms with E-state index in [1.165, 1.54) is 0 Å². The first kappa shape index (κ1) is 13.5. The molecule has 0 bridgehead atoms. The molecule has 0 unspecified atom stereocenters. The van der Waals surface area contributed by atoms with E-state index in [-0.39, 0.29) is 5.91 Å². The Balaban J connectivity index is 2.24. The predicted molar refractivity (Wildman–Crippen MR) is 78.4 cm³/mol. The summed E-state index contributed by atoms with van der Waals surface area (Å²) in [7, 11) is 1.72. The number of nitrogens with zero attached hydrogens (tertiary/aromatic N) is 2. The Morgan fingerprint density at radius 2 is 2.05 bits per heavy atom. The van der Waals surface area contributed by atoms with Crippen molar-refractivity contribution in [1.29, 1.82) is 0 Å². The van der Waals surface area contributed by atoms with Gasteiger partial charge in [0.05, 0.1) is 5.56 Å². The lowest BCUT2D eigenvalue weighted by molar-refractivity contribution is 0.102. The molecule has 2 rings (SSSR count). The van der Waals surface area contributed by atoms with Crippen LogP contribution in [-0.2, 0) is 0 Å². The molecule has 1 amide bonds. The van der Waals surface area contributed by atoms with Gasteiger partial charge < -0.3 is 10.6 Å². The van der Waals surface area contributed by atoms with E-state index in [2.05, 4.69) is 36.5 Å². The molecule has 0 aliphatic rings. The molecule has 0 spiro atoms. The monoisotopic (exact) mass is 320 g/mol. The molecule has 2 aromatic heterocycles. The van der Waals surface area contributed by atoms with Gasteiger partial charge in [-0.2, -0.15) is 0 Å². The molecule has 98 valence electrons. The Morgan fingerprint density at radius 1 is 1.26 bits per heavy atom. The fraction of sp³-hybridized carbons (Fsp3) is 0.154. The Bertz CT molecular complexity index is 598. The van der Waals surface area contributed by atoms with E-state index in [4.69, 9.17) is 0 Å². The molecule has 2 N–H and O–H groups in total. The third-order valence-electron chi connectivity index (χ3n) is 2.49. The minimum Gasteiger partial charge on any atom is -0.372 e. The van der Waals surface area contributed by atoms with Gasteiger partial charge >= 0.3 is 0 Å². The summed E-state index contributed by atoms with van der Waals surface area (Å²) in [5.41, 5.74) is 1.50. The Kier molecular flexibility index (Phi) is 4.11. The highest BCUT2D eigenvalue weighted by Crippen LogP contribution is 2.18. The van der Waals surface area contributed by atoms with Crippen LogP contribution in [0.3, 0.4) is 0 Å². The van der Waals surface area contributed by atoms with Gasteiger partial charge in [0.25, 0.3) is 5.91 Å². The molecule has 2 aromatic rings. The van der Waals surface area contributed by atoms with Gasteiger partial charge in [0, 0.05) is 23.9 Å². The van der Waals surface area contributed by atoms with E-state index in [0.29, 0.717) is 17.2 Å². The smallest absolute Gasteiger partial charge is 0.260 e.